The summed E-state index contributed by atoms with van der Waals surface area (Å²) in [5.74, 6) is 0.605. The molecule has 39 heavy (non-hydrogen) atoms. The number of ether oxygens (including phenoxy) is 2. The van der Waals surface area contributed by atoms with E-state index in [9.17, 15) is 14.4 Å². The number of carbonyl (C=O) groups excluding carboxylic acids is 2. The molecule has 14 nitrogen and oxygen atoms in total. The molecule has 0 bridgehead atoms. The summed E-state index contributed by atoms with van der Waals surface area (Å²) in [7, 11) is 1.44. The van der Waals surface area contributed by atoms with Crippen LogP contribution in [-0.4, -0.2) is 59.7 Å². The molecule has 0 fully saturated rings. The second kappa shape index (κ2) is 9.89. The Morgan fingerprint density at radius 1 is 1.10 bits per heavy atom. The molecule has 14 heteroatoms. The van der Waals surface area contributed by atoms with Gasteiger partial charge in [0.2, 0.25) is 12.7 Å². The molecule has 0 saturated heterocycles. The van der Waals surface area contributed by atoms with E-state index in [4.69, 9.17) is 20.9 Å². The number of carbonyl (C=O) groups is 2. The predicted molar refractivity (Wildman–Crippen MR) is 139 cm³/mol. The van der Waals surface area contributed by atoms with Crippen molar-refractivity contribution < 1.29 is 19.1 Å². The van der Waals surface area contributed by atoms with Crippen LogP contribution in [0.1, 0.15) is 41.0 Å². The van der Waals surface area contributed by atoms with Crippen LogP contribution in [0.4, 0.5) is 5.69 Å². The van der Waals surface area contributed by atoms with Gasteiger partial charge in [-0.2, -0.15) is 9.78 Å². The van der Waals surface area contributed by atoms with Crippen molar-refractivity contribution in [2.75, 3.05) is 12.5 Å². The van der Waals surface area contributed by atoms with Crippen molar-refractivity contribution in [2.24, 2.45) is 17.9 Å². The first-order valence-corrected chi connectivity index (χ1v) is 11.9. The first-order valence-electron chi connectivity index (χ1n) is 11.9. The maximum absolute atomic E-state index is 12.1. The molecule has 4 aromatic rings. The fourth-order valence-electron chi connectivity index (χ4n) is 4.33. The highest BCUT2D eigenvalue weighted by Crippen LogP contribution is 2.37. The number of hydrogen-bond acceptors (Lipinski definition) is 10. The molecule has 4 N–H and O–H groups in total. The number of nitrogens with zero attached hydrogens (tertiary/aromatic N) is 7. The number of fused-ring (bicyclic) bond motifs is 3. The number of hydrazone groups is 1. The predicted octanol–water partition coefficient (Wildman–Crippen LogP) is 0.465. The number of aromatic nitrogens is 5. The molecule has 0 saturated carbocycles. The highest BCUT2D eigenvalue weighted by molar-refractivity contribution is 6.14. The lowest BCUT2D eigenvalue weighted by Gasteiger charge is -2.21. The van der Waals surface area contributed by atoms with Gasteiger partial charge in [-0.25, -0.2) is 19.2 Å². The van der Waals surface area contributed by atoms with E-state index in [1.165, 1.54) is 20.3 Å². The molecule has 1 atom stereocenters. The van der Waals surface area contributed by atoms with E-state index >= 15 is 0 Å². The molecule has 2 aliphatic heterocycles. The highest BCUT2D eigenvalue weighted by atomic mass is 16.7. The summed E-state index contributed by atoms with van der Waals surface area (Å²) in [5.41, 5.74) is 14.7. The van der Waals surface area contributed by atoms with Gasteiger partial charge in [0.25, 0.3) is 5.91 Å². The van der Waals surface area contributed by atoms with Crippen molar-refractivity contribution in [3.63, 3.8) is 0 Å². The number of hydrogen-bond donors (Lipinski definition) is 2. The fraction of sp³-hybridized carbons (Fsp3) is 0.240. The molecule has 2 amide bonds. The van der Waals surface area contributed by atoms with Gasteiger partial charge in [0, 0.05) is 30.8 Å². The SMILES string of the molecule is CC(=O)N1N=C(c2ccc(N)cc2)c2cc3c(cc2C[C@H]1C)OCO3.Cn1nnc2c(C(N)=O)ncn2c1=O. The Bertz CT molecular complexity index is 1690. The van der Waals surface area contributed by atoms with Crippen LogP contribution >= 0.6 is 0 Å². The Kier molecular flexibility index (Phi) is 6.44. The van der Waals surface area contributed by atoms with Crippen LogP contribution in [0.25, 0.3) is 5.65 Å². The van der Waals surface area contributed by atoms with Gasteiger partial charge in [-0.1, -0.05) is 17.3 Å². The van der Waals surface area contributed by atoms with E-state index in [1.807, 2.05) is 43.3 Å². The number of amides is 2. The van der Waals surface area contributed by atoms with Crippen LogP contribution < -0.4 is 26.6 Å². The molecule has 2 aliphatic rings. The van der Waals surface area contributed by atoms with E-state index in [1.54, 1.807) is 5.01 Å². The number of imidazole rings is 1. The normalized spacial score (nSPS) is 15.6. The Hall–Kier alpha value is -5.27. The quantitative estimate of drug-likeness (QED) is 0.347. The van der Waals surface area contributed by atoms with E-state index in [0.717, 1.165) is 37.2 Å². The van der Waals surface area contributed by atoms with Gasteiger partial charge in [0.05, 0.1) is 11.8 Å². The summed E-state index contributed by atoms with van der Waals surface area (Å²) in [6, 6.07) is 11.4. The van der Waals surface area contributed by atoms with Crippen LogP contribution in [0.15, 0.2) is 52.6 Å². The molecule has 200 valence electrons. The Morgan fingerprint density at radius 2 is 1.79 bits per heavy atom. The summed E-state index contributed by atoms with van der Waals surface area (Å²) >= 11 is 0. The maximum Gasteiger partial charge on any atom is 0.352 e. The number of nitrogens with two attached hydrogens (primary N) is 2. The van der Waals surface area contributed by atoms with Crippen LogP contribution in [0, 0.1) is 0 Å². The standard InChI is InChI=1S/C19H19N3O3.C6H6N6O2/c1-11-7-14-8-17-18(25-10-24-17)9-16(14)19(21-22(11)12(2)23)13-3-5-15(20)6-4-13;1-11-6(14)12-2-8-3(4(7)13)5(12)9-10-11/h3-6,8-9,11H,7,10,20H2,1-2H3;2H,1H3,(H2,7,13)/t11-;/m1./s1. The Balaban J connectivity index is 0.000000186. The lowest BCUT2D eigenvalue weighted by atomic mass is 9.94. The minimum absolute atomic E-state index is 0.0529. The summed E-state index contributed by atoms with van der Waals surface area (Å²) in [4.78, 5) is 38.0. The van der Waals surface area contributed by atoms with Gasteiger partial charge in [0.15, 0.2) is 22.8 Å². The van der Waals surface area contributed by atoms with Gasteiger partial charge in [0.1, 0.15) is 6.33 Å². The minimum Gasteiger partial charge on any atom is -0.454 e. The largest absolute Gasteiger partial charge is 0.454 e. The minimum atomic E-state index is -0.741. The number of primary amides is 1. The lowest BCUT2D eigenvalue weighted by molar-refractivity contribution is -0.130. The third-order valence-electron chi connectivity index (χ3n) is 6.23. The second-order valence-corrected chi connectivity index (χ2v) is 9.00. The zero-order chi connectivity index (χ0) is 27.8. The molecular weight excluding hydrogens is 506 g/mol. The summed E-state index contributed by atoms with van der Waals surface area (Å²) in [6.45, 7) is 3.75. The number of anilines is 1. The highest BCUT2D eigenvalue weighted by Gasteiger charge is 2.28. The van der Waals surface area contributed by atoms with E-state index in [0.29, 0.717) is 17.9 Å². The Morgan fingerprint density at radius 3 is 2.46 bits per heavy atom. The average Bonchev–Trinajstić information content (AvgIpc) is 3.51. The van der Waals surface area contributed by atoms with Gasteiger partial charge in [-0.05, 0) is 43.2 Å². The van der Waals surface area contributed by atoms with Crippen LogP contribution in [0.5, 0.6) is 11.5 Å². The van der Waals surface area contributed by atoms with E-state index in [-0.39, 0.29) is 30.1 Å². The van der Waals surface area contributed by atoms with Gasteiger partial charge in [-0.15, -0.1) is 5.10 Å². The molecule has 0 unspecified atom stereocenters. The zero-order valence-corrected chi connectivity index (χ0v) is 21.4. The number of rotatable bonds is 2. The first-order chi connectivity index (χ1) is 18.6. The zero-order valence-electron chi connectivity index (χ0n) is 21.4. The Labute approximate surface area is 221 Å². The average molecular weight is 532 g/mol. The smallest absolute Gasteiger partial charge is 0.352 e. The molecule has 2 aromatic carbocycles. The van der Waals surface area contributed by atoms with Gasteiger partial charge >= 0.3 is 5.69 Å². The van der Waals surface area contributed by atoms with Crippen molar-refractivity contribution >= 4 is 28.9 Å². The lowest BCUT2D eigenvalue weighted by Crippen LogP contribution is -2.33. The van der Waals surface area contributed by atoms with Crippen molar-refractivity contribution in [2.45, 2.75) is 26.3 Å². The molecule has 4 heterocycles. The van der Waals surface area contributed by atoms with Crippen molar-refractivity contribution in [1.82, 2.24) is 29.4 Å². The molecular formula is C25H25N9O5. The number of nitrogen functional groups attached to an aromatic ring is 1. The molecule has 0 radical (unpaired) electrons. The van der Waals surface area contributed by atoms with Crippen LogP contribution in [0.3, 0.4) is 0 Å². The summed E-state index contributed by atoms with van der Waals surface area (Å²) in [5, 5.41) is 13.4. The third kappa shape index (κ3) is 4.74. The van der Waals surface area contributed by atoms with Crippen molar-refractivity contribution in [3.8, 4) is 11.5 Å². The van der Waals surface area contributed by atoms with Crippen LogP contribution in [0.2, 0.25) is 0 Å². The van der Waals surface area contributed by atoms with Crippen molar-refractivity contribution in [1.29, 1.82) is 0 Å². The number of aryl methyl sites for hydroxylation is 1. The second-order valence-electron chi connectivity index (χ2n) is 9.00. The number of benzene rings is 2. The monoisotopic (exact) mass is 531 g/mol. The van der Waals surface area contributed by atoms with Crippen molar-refractivity contribution in [3.05, 3.63) is 75.6 Å². The van der Waals surface area contributed by atoms with Gasteiger partial charge < -0.3 is 20.9 Å². The first kappa shape index (κ1) is 25.4. The molecule has 0 aliphatic carbocycles. The third-order valence-corrected chi connectivity index (χ3v) is 6.23. The molecule has 0 spiro atoms. The molecule has 2 aromatic heterocycles. The summed E-state index contributed by atoms with van der Waals surface area (Å²) in [6.07, 6.45) is 1.87. The molecule has 6 rings (SSSR count). The van der Waals surface area contributed by atoms with Gasteiger partial charge in [-0.3, -0.25) is 9.59 Å². The van der Waals surface area contributed by atoms with E-state index in [2.05, 4.69) is 20.4 Å². The summed E-state index contributed by atoms with van der Waals surface area (Å²) < 4.78 is 13.2. The topological polar surface area (TPSA) is 185 Å². The van der Waals surface area contributed by atoms with Crippen LogP contribution in [-0.2, 0) is 18.3 Å². The fourth-order valence-corrected chi connectivity index (χ4v) is 4.33. The van der Waals surface area contributed by atoms with E-state index < -0.39 is 11.6 Å². The maximum atomic E-state index is 12.1.